The van der Waals surface area contributed by atoms with Crippen LogP contribution in [0.4, 0.5) is 48.3 Å². The number of carbonyl (C=O) groups excluding carboxylic acids is 1. The fourth-order valence-corrected chi connectivity index (χ4v) is 7.89. The molecule has 6 aromatic rings. The first-order valence-corrected chi connectivity index (χ1v) is 24.4. The summed E-state index contributed by atoms with van der Waals surface area (Å²) < 4.78 is 149. The Bertz CT molecular complexity index is 2910. The zero-order chi connectivity index (χ0) is 53.3. The predicted molar refractivity (Wildman–Crippen MR) is 261 cm³/mol. The van der Waals surface area contributed by atoms with Crippen LogP contribution in [0.3, 0.4) is 0 Å². The van der Waals surface area contributed by atoms with E-state index in [0.717, 1.165) is 18.3 Å². The zero-order valence-corrected chi connectivity index (χ0v) is 46.7. The first-order valence-electron chi connectivity index (χ1n) is 19.7. The van der Waals surface area contributed by atoms with Crippen molar-refractivity contribution >= 4 is 101 Å². The van der Waals surface area contributed by atoms with Crippen molar-refractivity contribution in [1.29, 1.82) is 5.26 Å². The van der Waals surface area contributed by atoms with Crippen LogP contribution in [0.15, 0.2) is 76.3 Å². The number of Topliss-reactive ketones (excluding diaryl/α,β-unsaturated/α-hetero) is 1. The maximum absolute atomic E-state index is 14.5. The summed E-state index contributed by atoms with van der Waals surface area (Å²) in [5.41, 5.74) is -0.206. The van der Waals surface area contributed by atoms with E-state index in [1.165, 1.54) is 45.4 Å². The second-order valence-electron chi connectivity index (χ2n) is 15.0. The van der Waals surface area contributed by atoms with Crippen molar-refractivity contribution in [2.45, 2.75) is 85.2 Å². The second kappa shape index (κ2) is 25.8. The van der Waals surface area contributed by atoms with Gasteiger partial charge < -0.3 is 0 Å². The number of ketones is 1. The van der Waals surface area contributed by atoms with Crippen molar-refractivity contribution in [2.24, 2.45) is 0 Å². The Morgan fingerprint density at radius 2 is 1.09 bits per heavy atom. The lowest BCUT2D eigenvalue weighted by Crippen LogP contribution is -2.20. The smallest absolute Gasteiger partial charge is 0.289 e. The van der Waals surface area contributed by atoms with Crippen LogP contribution in [0, 0.1) is 73.9 Å². The number of aromatic nitrogens is 5. The number of hydrogen-bond acceptors (Lipinski definition) is 7. The molecule has 1 aliphatic carbocycles. The summed E-state index contributed by atoms with van der Waals surface area (Å²) in [6.45, 7) is 8.50. The Balaban J connectivity index is 0.000000249. The average molecular weight is 1380 g/mol. The van der Waals surface area contributed by atoms with E-state index in [9.17, 15) is 58.4 Å². The third kappa shape index (κ3) is 15.6. The van der Waals surface area contributed by atoms with Crippen LogP contribution in [0.25, 0.3) is 0 Å². The topological polar surface area (TPSA) is 105 Å². The number of nitrogens with zero attached hydrogens (tertiary/aromatic N) is 6. The number of carbonyl (C=O) groups is 1. The van der Waals surface area contributed by atoms with E-state index in [0.29, 0.717) is 48.4 Å². The van der Waals surface area contributed by atoms with E-state index < -0.39 is 58.6 Å². The molecule has 5 aromatic heterocycles. The van der Waals surface area contributed by atoms with E-state index in [2.05, 4.69) is 120 Å². The molecular weight excluding hydrogens is 1340 g/mol. The molecule has 70 heavy (non-hydrogen) atoms. The Morgan fingerprint density at radius 1 is 0.614 bits per heavy atom. The van der Waals surface area contributed by atoms with Crippen LogP contribution >= 0.6 is 95.6 Å². The van der Waals surface area contributed by atoms with E-state index in [-0.39, 0.29) is 73.0 Å². The number of benzene rings is 1. The van der Waals surface area contributed by atoms with E-state index in [1.54, 1.807) is 20.0 Å². The summed E-state index contributed by atoms with van der Waals surface area (Å²) in [5, 5.41) is 9.32. The molecule has 0 bridgehead atoms. The molecule has 0 amide bonds. The molecule has 7 nitrogen and oxygen atoms in total. The lowest BCUT2D eigenvalue weighted by Gasteiger charge is -2.30. The van der Waals surface area contributed by atoms with Gasteiger partial charge in [0.05, 0.1) is 11.6 Å². The third-order valence-corrected chi connectivity index (χ3v) is 13.8. The number of nitriles is 1. The lowest BCUT2D eigenvalue weighted by molar-refractivity contribution is 0.00786. The molecular formula is C46H35Br6F11N6O. The Labute approximate surface area is 445 Å². The molecule has 0 spiro atoms. The minimum atomic E-state index is -3.44. The summed E-state index contributed by atoms with van der Waals surface area (Å²) in [6, 6.07) is 5.22. The Hall–Kier alpha value is -3.76. The highest BCUT2D eigenvalue weighted by molar-refractivity contribution is 9.11. The van der Waals surface area contributed by atoms with Gasteiger partial charge in [-0.15, -0.1) is 0 Å². The Morgan fingerprint density at radius 3 is 1.57 bits per heavy atom. The molecule has 1 aromatic carbocycles. The van der Waals surface area contributed by atoms with Crippen molar-refractivity contribution in [1.82, 2.24) is 24.9 Å². The van der Waals surface area contributed by atoms with Crippen molar-refractivity contribution in [2.75, 3.05) is 0 Å². The van der Waals surface area contributed by atoms with Gasteiger partial charge in [-0.1, -0.05) is 0 Å². The minimum Gasteiger partial charge on any atom is -0.293 e. The molecule has 0 radical (unpaired) electrons. The number of rotatable bonds is 4. The van der Waals surface area contributed by atoms with Crippen molar-refractivity contribution < 1.29 is 53.1 Å². The van der Waals surface area contributed by atoms with Crippen LogP contribution in [0.2, 0.25) is 0 Å². The van der Waals surface area contributed by atoms with Gasteiger partial charge in [-0.2, -0.15) is 22.8 Å². The summed E-state index contributed by atoms with van der Waals surface area (Å²) in [4.78, 5) is 28.8. The van der Waals surface area contributed by atoms with Crippen LogP contribution in [0.1, 0.15) is 112 Å². The van der Waals surface area contributed by atoms with Crippen molar-refractivity contribution in [3.05, 3.63) is 173 Å². The largest absolute Gasteiger partial charge is 0.293 e. The highest BCUT2D eigenvalue weighted by atomic mass is 79.9. The predicted octanol–water partition coefficient (Wildman–Crippen LogP) is 17.3. The summed E-state index contributed by atoms with van der Waals surface area (Å²) >= 11 is 18.2. The first kappa shape index (κ1) is 60.5. The second-order valence-corrected chi connectivity index (χ2v) is 20.0. The number of halogens is 17. The molecule has 2 atom stereocenters. The summed E-state index contributed by atoms with van der Waals surface area (Å²) in [7, 11) is 0. The molecule has 0 unspecified atom stereocenters. The molecule has 5 heterocycles. The van der Waals surface area contributed by atoms with Gasteiger partial charge in [0.25, 0.3) is 11.8 Å². The maximum atomic E-state index is 14.5. The van der Waals surface area contributed by atoms with E-state index >= 15 is 0 Å². The van der Waals surface area contributed by atoms with Gasteiger partial charge in [-0.3, -0.25) is 14.8 Å². The summed E-state index contributed by atoms with van der Waals surface area (Å²) in [6.07, 6.45) is 5.66. The van der Waals surface area contributed by atoms with Crippen LogP contribution < -0.4 is 0 Å². The molecule has 0 N–H and O–H groups in total. The van der Waals surface area contributed by atoms with Crippen molar-refractivity contribution in [3.8, 4) is 6.07 Å². The molecule has 0 fully saturated rings. The lowest BCUT2D eigenvalue weighted by atomic mass is 9.75. The highest BCUT2D eigenvalue weighted by Gasteiger charge is 2.36. The molecule has 0 saturated carbocycles. The number of pyridine rings is 5. The van der Waals surface area contributed by atoms with E-state index in [1.807, 2.05) is 6.07 Å². The normalized spacial score (nSPS) is 13.9. The quantitative estimate of drug-likeness (QED) is 0.0983. The van der Waals surface area contributed by atoms with Gasteiger partial charge in [-0.25, -0.2) is 45.7 Å². The fourth-order valence-electron chi connectivity index (χ4n) is 6.14. The van der Waals surface area contributed by atoms with Crippen LogP contribution in [-0.2, 0) is 11.8 Å². The molecule has 1 aliphatic rings. The van der Waals surface area contributed by atoms with Gasteiger partial charge in [0.15, 0.2) is 34.9 Å². The first-order chi connectivity index (χ1) is 32.3. The highest BCUT2D eigenvalue weighted by Crippen LogP contribution is 2.46. The monoisotopic (exact) mass is 1370 g/mol. The number of fused-ring (bicyclic) bond motifs is 1. The standard InChI is InChI=1S/C19H15F5N2.C8H7BrF3N.C8H7BrFNO.C6H4Br2FN.C5H2Br2FN/c1-9-14(8-26-18(17(9)22)19(2,23)24)12-3-4-15(21)13-6-11(20)5-10(7-25)16(12)13;1-4-5(9)3-13-7(6(4)10)8(2,11)12;1-4-6(9)3-11-8(5(2)12)7(4)10;1-3-4(7)2-10-6(8)5(3)9;6-3-1-4(8)5(7)9-2-3/h5-6,8,12,15H,3-4H2,1-2H3;3H,1-2H3;3H,1-2H3;2H,1H3;1-2H/t12-,15+;;;;/m1..../s1. The summed E-state index contributed by atoms with van der Waals surface area (Å²) in [5.74, 6) is -11.7. The molecule has 24 heteroatoms. The van der Waals surface area contributed by atoms with Crippen molar-refractivity contribution in [3.63, 3.8) is 0 Å². The number of hydrogen-bond donors (Lipinski definition) is 0. The average Bonchev–Trinajstić information content (AvgIpc) is 3.27. The number of alkyl halides is 5. The van der Waals surface area contributed by atoms with Gasteiger partial charge in [0.2, 0.25) is 0 Å². The van der Waals surface area contributed by atoms with Gasteiger partial charge in [0.1, 0.15) is 38.3 Å². The van der Waals surface area contributed by atoms with Gasteiger partial charge in [0, 0.05) is 92.3 Å². The van der Waals surface area contributed by atoms with Crippen LogP contribution in [0.5, 0.6) is 0 Å². The zero-order valence-electron chi connectivity index (χ0n) is 37.2. The molecule has 0 aliphatic heterocycles. The van der Waals surface area contributed by atoms with Gasteiger partial charge in [-0.05, 0) is 177 Å². The van der Waals surface area contributed by atoms with Gasteiger partial charge >= 0.3 is 0 Å². The minimum absolute atomic E-state index is 0.0296. The Kier molecular flexibility index (Phi) is 22.3. The maximum Gasteiger partial charge on any atom is 0.289 e. The molecule has 374 valence electrons. The van der Waals surface area contributed by atoms with Crippen LogP contribution in [-0.4, -0.2) is 30.7 Å². The van der Waals surface area contributed by atoms with E-state index in [4.69, 9.17) is 0 Å². The SMILES string of the molecule is CC(=O)c1ncc(Br)c(C)c1F.Cc1c(Br)cnc(Br)c1F.Cc1c(Br)cnc(C(C)(F)F)c1F.Cc1c([C@H]2CC[C@H](F)c3cc(F)cc(C#N)c32)cnc(C(C)(F)F)c1F.Fc1cc(Br)cnc1Br. The fraction of sp³-hybridized carbons (Fsp3) is 0.283. The molecule has 0 saturated heterocycles. The molecule has 7 rings (SSSR count). The third-order valence-electron chi connectivity index (χ3n) is 9.86.